The van der Waals surface area contributed by atoms with Crippen molar-refractivity contribution in [3.05, 3.63) is 36.7 Å². The molecule has 0 radical (unpaired) electrons. The summed E-state index contributed by atoms with van der Waals surface area (Å²) in [5.41, 5.74) is 12.1. The molecule has 31 heavy (non-hydrogen) atoms. The molecule has 1 atom stereocenters. The van der Waals surface area contributed by atoms with Crippen molar-refractivity contribution in [2.24, 2.45) is 5.73 Å². The van der Waals surface area contributed by atoms with Crippen LogP contribution in [-0.4, -0.2) is 57.5 Å². The highest BCUT2D eigenvalue weighted by Crippen LogP contribution is 2.42. The third kappa shape index (κ3) is 7.80. The van der Waals surface area contributed by atoms with E-state index >= 15 is 0 Å². The van der Waals surface area contributed by atoms with Crippen LogP contribution in [0.5, 0.6) is 5.75 Å². The van der Waals surface area contributed by atoms with E-state index in [1.807, 2.05) is 27.9 Å². The lowest BCUT2D eigenvalue weighted by atomic mass is 10.3. The number of anilines is 2. The zero-order chi connectivity index (χ0) is 23.0. The first-order valence-electron chi connectivity index (χ1n) is 9.64. The minimum absolute atomic E-state index is 0.144. The molecule has 0 aliphatic heterocycles. The lowest BCUT2D eigenvalue weighted by molar-refractivity contribution is 0.151. The zero-order valence-electron chi connectivity index (χ0n) is 18.2. The van der Waals surface area contributed by atoms with Crippen molar-refractivity contribution in [3.63, 3.8) is 0 Å². The molecule has 170 valence electrons. The average molecular weight is 451 g/mol. The van der Waals surface area contributed by atoms with Crippen LogP contribution in [0.25, 0.3) is 11.2 Å². The molecule has 12 heteroatoms. The normalized spacial score (nSPS) is 12.9. The Morgan fingerprint density at radius 2 is 1.87 bits per heavy atom. The number of ether oxygens (including phenoxy) is 1. The minimum Gasteiger partial charge on any atom is -0.423 e. The van der Waals surface area contributed by atoms with Crippen molar-refractivity contribution in [1.82, 2.24) is 19.5 Å². The predicted molar refractivity (Wildman–Crippen MR) is 121 cm³/mol. The lowest BCUT2D eigenvalue weighted by Crippen LogP contribution is -2.14. The van der Waals surface area contributed by atoms with Crippen LogP contribution in [0.3, 0.4) is 0 Å². The molecule has 2 heterocycles. The van der Waals surface area contributed by atoms with Gasteiger partial charge < -0.3 is 35.1 Å². The third-order valence-corrected chi connectivity index (χ3v) is 4.61. The molecule has 0 saturated carbocycles. The van der Waals surface area contributed by atoms with E-state index in [4.69, 9.17) is 20.7 Å². The molecular weight excluding hydrogens is 421 g/mol. The molecular formula is C19H30N7O4P. The highest BCUT2D eigenvalue weighted by molar-refractivity contribution is 7.53. The average Bonchev–Trinajstić information content (AvgIpc) is 3.07. The smallest absolute Gasteiger partial charge is 0.402 e. The van der Waals surface area contributed by atoms with E-state index in [-0.39, 0.29) is 12.6 Å². The van der Waals surface area contributed by atoms with Gasteiger partial charge in [0.05, 0.1) is 12.9 Å². The number of rotatable bonds is 8. The van der Waals surface area contributed by atoms with Gasteiger partial charge in [-0.3, -0.25) is 0 Å². The Morgan fingerprint density at radius 3 is 2.48 bits per heavy atom. The minimum atomic E-state index is -3.90. The van der Waals surface area contributed by atoms with Gasteiger partial charge in [-0.15, -0.1) is 0 Å². The highest BCUT2D eigenvalue weighted by Gasteiger charge is 2.21. The van der Waals surface area contributed by atoms with E-state index in [2.05, 4.69) is 15.0 Å². The van der Waals surface area contributed by atoms with Gasteiger partial charge in [0.1, 0.15) is 5.75 Å². The fourth-order valence-electron chi connectivity index (χ4n) is 2.44. The zero-order valence-corrected chi connectivity index (χ0v) is 19.1. The van der Waals surface area contributed by atoms with Crippen LogP contribution in [0.4, 0.5) is 11.8 Å². The van der Waals surface area contributed by atoms with Crippen molar-refractivity contribution < 1.29 is 18.7 Å². The second kappa shape index (κ2) is 11.1. The molecule has 1 unspecified atom stereocenters. The first kappa shape index (κ1) is 24.5. The van der Waals surface area contributed by atoms with Gasteiger partial charge in [-0.2, -0.15) is 9.97 Å². The number of aromatic nitrogens is 4. The Morgan fingerprint density at radius 1 is 1.23 bits per heavy atom. The summed E-state index contributed by atoms with van der Waals surface area (Å²) in [5, 5.41) is 0. The number of nitrogen functional groups attached to an aromatic ring is 1. The van der Waals surface area contributed by atoms with Crippen molar-refractivity contribution in [2.45, 2.75) is 26.4 Å². The molecule has 0 bridgehead atoms. The molecule has 11 nitrogen and oxygen atoms in total. The van der Waals surface area contributed by atoms with E-state index in [0.29, 0.717) is 35.3 Å². The predicted octanol–water partition coefficient (Wildman–Crippen LogP) is 2.07. The summed E-state index contributed by atoms with van der Waals surface area (Å²) in [4.78, 5) is 24.4. The van der Waals surface area contributed by atoms with Gasteiger partial charge in [0.25, 0.3) is 0 Å². The molecule has 1 aromatic carbocycles. The Labute approximate surface area is 181 Å². The van der Waals surface area contributed by atoms with Crippen molar-refractivity contribution in [2.75, 3.05) is 37.7 Å². The SMILES string of the molecule is CC(C)N.CN(C)c1nc(N)nc2c1ncn2CCOCP(=O)(O)Oc1ccccc1. The first-order chi connectivity index (χ1) is 14.6. The van der Waals surface area contributed by atoms with Gasteiger partial charge in [-0.1, -0.05) is 32.0 Å². The number of hydrogen-bond donors (Lipinski definition) is 3. The fourth-order valence-corrected chi connectivity index (χ4v) is 3.30. The first-order valence-corrected chi connectivity index (χ1v) is 11.4. The maximum Gasteiger partial charge on any atom is 0.402 e. The summed E-state index contributed by atoms with van der Waals surface area (Å²) in [5.74, 6) is 1.08. The van der Waals surface area contributed by atoms with Gasteiger partial charge in [0.2, 0.25) is 5.95 Å². The third-order valence-electron chi connectivity index (χ3n) is 3.61. The van der Waals surface area contributed by atoms with Crippen LogP contribution in [0.15, 0.2) is 36.7 Å². The van der Waals surface area contributed by atoms with E-state index in [1.54, 1.807) is 46.1 Å². The molecule has 3 rings (SSSR count). The Kier molecular flexibility index (Phi) is 8.76. The Hall–Kier alpha value is -2.72. The summed E-state index contributed by atoms with van der Waals surface area (Å²) in [6.45, 7) is 4.44. The number of hydrogen-bond acceptors (Lipinski definition) is 9. The fraction of sp³-hybridized carbons (Fsp3) is 0.421. The molecule has 0 spiro atoms. The van der Waals surface area contributed by atoms with E-state index in [9.17, 15) is 9.46 Å². The maximum absolute atomic E-state index is 12.1. The van der Waals surface area contributed by atoms with Gasteiger partial charge in [0.15, 0.2) is 23.3 Å². The Balaban J connectivity index is 0.000000785. The molecule has 0 aliphatic carbocycles. The van der Waals surface area contributed by atoms with Gasteiger partial charge in [-0.05, 0) is 18.2 Å². The molecule has 2 aromatic heterocycles. The number of benzene rings is 1. The van der Waals surface area contributed by atoms with Crippen molar-refractivity contribution >= 4 is 30.5 Å². The van der Waals surface area contributed by atoms with Gasteiger partial charge in [0, 0.05) is 20.6 Å². The second-order valence-corrected chi connectivity index (χ2v) is 8.95. The standard InChI is InChI=1S/C16H21N6O4P.C3H9N/c1-21(2)14-13-15(20-16(17)19-14)22(10-18-13)8-9-25-11-27(23,24)26-12-6-4-3-5-7-12;1-3(2)4/h3-7,10H,8-9,11H2,1-2H3,(H,23,24)(H2,17,19,20);3H,4H2,1-2H3. The molecule has 3 aromatic rings. The summed E-state index contributed by atoms with van der Waals surface area (Å²) in [6, 6.07) is 8.77. The summed E-state index contributed by atoms with van der Waals surface area (Å²) in [6.07, 6.45) is 1.18. The summed E-state index contributed by atoms with van der Waals surface area (Å²) in [7, 11) is -0.213. The lowest BCUT2D eigenvalue weighted by Gasteiger charge is -2.14. The number of para-hydroxylation sites is 1. The Bertz CT molecular complexity index is 1010. The van der Waals surface area contributed by atoms with Gasteiger partial charge in [-0.25, -0.2) is 9.55 Å². The van der Waals surface area contributed by atoms with Crippen LogP contribution in [0, 0.1) is 0 Å². The number of nitrogens with zero attached hydrogens (tertiary/aromatic N) is 5. The number of imidazole rings is 1. The molecule has 0 saturated heterocycles. The number of nitrogens with two attached hydrogens (primary N) is 2. The summed E-state index contributed by atoms with van der Waals surface area (Å²) >= 11 is 0. The maximum atomic E-state index is 12.1. The second-order valence-electron chi connectivity index (χ2n) is 7.23. The molecule has 0 aliphatic rings. The summed E-state index contributed by atoms with van der Waals surface area (Å²) < 4.78 is 24.2. The molecule has 0 amide bonds. The van der Waals surface area contributed by atoms with Crippen LogP contribution in [0.1, 0.15) is 13.8 Å². The quantitative estimate of drug-likeness (QED) is 0.342. The van der Waals surface area contributed by atoms with E-state index in [0.717, 1.165) is 0 Å². The van der Waals surface area contributed by atoms with E-state index < -0.39 is 13.9 Å². The van der Waals surface area contributed by atoms with Crippen LogP contribution >= 0.6 is 7.60 Å². The van der Waals surface area contributed by atoms with Crippen molar-refractivity contribution in [3.8, 4) is 5.75 Å². The number of fused-ring (bicyclic) bond motifs is 1. The van der Waals surface area contributed by atoms with Crippen LogP contribution in [-0.2, 0) is 15.8 Å². The highest BCUT2D eigenvalue weighted by atomic mass is 31.2. The van der Waals surface area contributed by atoms with Crippen LogP contribution in [0.2, 0.25) is 0 Å². The van der Waals surface area contributed by atoms with Crippen molar-refractivity contribution in [1.29, 1.82) is 0 Å². The molecule has 5 N–H and O–H groups in total. The van der Waals surface area contributed by atoms with Gasteiger partial charge >= 0.3 is 7.60 Å². The van der Waals surface area contributed by atoms with E-state index in [1.165, 1.54) is 0 Å². The topological polar surface area (TPSA) is 155 Å². The van der Waals surface area contributed by atoms with Crippen LogP contribution < -0.4 is 20.9 Å². The molecule has 0 fully saturated rings. The largest absolute Gasteiger partial charge is 0.423 e. The monoisotopic (exact) mass is 451 g/mol.